The van der Waals surface area contributed by atoms with E-state index in [-0.39, 0.29) is 11.6 Å². The Morgan fingerprint density at radius 3 is 1.14 bits per heavy atom. The van der Waals surface area contributed by atoms with Gasteiger partial charge in [0.1, 0.15) is 11.6 Å². The van der Waals surface area contributed by atoms with E-state index in [0.29, 0.717) is 11.4 Å². The molecule has 0 aliphatic heterocycles. The van der Waals surface area contributed by atoms with Crippen LogP contribution < -0.4 is 11.5 Å². The average molecular weight is 296 g/mol. The standard InChI is InChI=1S/C18H14F2N2/c19-13-5-1-11(2-6-13)15-9-10-16(18(22)17(15)21)12-3-7-14(20)8-4-12/h1-10H,21-22H2. The topological polar surface area (TPSA) is 52.0 Å². The molecule has 0 radical (unpaired) electrons. The number of anilines is 2. The van der Waals surface area contributed by atoms with Crippen LogP contribution in [-0.4, -0.2) is 0 Å². The zero-order valence-electron chi connectivity index (χ0n) is 11.7. The third-order valence-electron chi connectivity index (χ3n) is 3.60. The summed E-state index contributed by atoms with van der Waals surface area (Å²) in [6.07, 6.45) is 0. The van der Waals surface area contributed by atoms with Crippen molar-refractivity contribution in [2.75, 3.05) is 11.5 Å². The van der Waals surface area contributed by atoms with Crippen LogP contribution in [0.5, 0.6) is 0 Å². The number of hydrogen-bond donors (Lipinski definition) is 2. The van der Waals surface area contributed by atoms with Crippen LogP contribution in [0.25, 0.3) is 22.3 Å². The lowest BCUT2D eigenvalue weighted by atomic mass is 9.96. The third kappa shape index (κ3) is 2.51. The average Bonchev–Trinajstić information content (AvgIpc) is 2.52. The first kappa shape index (κ1) is 14.1. The lowest BCUT2D eigenvalue weighted by Gasteiger charge is -2.13. The van der Waals surface area contributed by atoms with Crippen LogP contribution in [0.1, 0.15) is 0 Å². The Labute approximate surface area is 127 Å². The van der Waals surface area contributed by atoms with Gasteiger partial charge in [-0.3, -0.25) is 0 Å². The Kier molecular flexibility index (Phi) is 3.51. The molecule has 0 fully saturated rings. The van der Waals surface area contributed by atoms with Gasteiger partial charge in [-0.1, -0.05) is 36.4 Å². The Hall–Kier alpha value is -2.88. The number of nitrogens with two attached hydrogens (primary N) is 2. The molecule has 0 bridgehead atoms. The molecule has 4 N–H and O–H groups in total. The summed E-state index contributed by atoms with van der Waals surface area (Å²) < 4.78 is 26.0. The maximum atomic E-state index is 13.0. The third-order valence-corrected chi connectivity index (χ3v) is 3.60. The molecular weight excluding hydrogens is 282 g/mol. The number of rotatable bonds is 2. The molecule has 0 aromatic heterocycles. The predicted octanol–water partition coefficient (Wildman–Crippen LogP) is 4.46. The minimum atomic E-state index is -0.307. The van der Waals surface area contributed by atoms with Gasteiger partial charge in [-0.2, -0.15) is 0 Å². The number of nitrogen functional groups attached to an aromatic ring is 2. The molecule has 0 saturated heterocycles. The molecule has 3 aromatic carbocycles. The van der Waals surface area contributed by atoms with Crippen LogP contribution in [0.2, 0.25) is 0 Å². The second kappa shape index (κ2) is 5.48. The van der Waals surface area contributed by atoms with E-state index in [2.05, 4.69) is 0 Å². The lowest BCUT2D eigenvalue weighted by molar-refractivity contribution is 0.627. The predicted molar refractivity (Wildman–Crippen MR) is 86.1 cm³/mol. The smallest absolute Gasteiger partial charge is 0.123 e. The number of hydrogen-bond acceptors (Lipinski definition) is 2. The fraction of sp³-hybridized carbons (Fsp3) is 0. The summed E-state index contributed by atoms with van der Waals surface area (Å²) in [7, 11) is 0. The maximum absolute atomic E-state index is 13.0. The van der Waals surface area contributed by atoms with Crippen LogP contribution >= 0.6 is 0 Å². The van der Waals surface area contributed by atoms with Crippen molar-refractivity contribution in [2.45, 2.75) is 0 Å². The molecule has 3 aromatic rings. The first-order valence-electron chi connectivity index (χ1n) is 6.76. The molecular formula is C18H14F2N2. The van der Waals surface area contributed by atoms with Gasteiger partial charge in [0, 0.05) is 11.1 Å². The quantitative estimate of drug-likeness (QED) is 0.686. The molecule has 0 saturated carbocycles. The van der Waals surface area contributed by atoms with Crippen molar-refractivity contribution in [1.29, 1.82) is 0 Å². The van der Waals surface area contributed by atoms with Crippen LogP contribution in [0.15, 0.2) is 60.7 Å². The van der Waals surface area contributed by atoms with Crippen LogP contribution in [-0.2, 0) is 0 Å². The maximum Gasteiger partial charge on any atom is 0.123 e. The van der Waals surface area contributed by atoms with Gasteiger partial charge < -0.3 is 11.5 Å². The van der Waals surface area contributed by atoms with Gasteiger partial charge in [0.25, 0.3) is 0 Å². The Morgan fingerprint density at radius 2 is 0.818 bits per heavy atom. The summed E-state index contributed by atoms with van der Waals surface area (Å²) in [6, 6.07) is 15.8. The Bertz CT molecular complexity index is 739. The minimum absolute atomic E-state index is 0.307. The second-order valence-electron chi connectivity index (χ2n) is 5.00. The highest BCUT2D eigenvalue weighted by molar-refractivity contribution is 5.93. The van der Waals surface area contributed by atoms with E-state index in [1.807, 2.05) is 12.1 Å². The highest BCUT2D eigenvalue weighted by Gasteiger charge is 2.11. The van der Waals surface area contributed by atoms with E-state index in [4.69, 9.17) is 11.5 Å². The van der Waals surface area contributed by atoms with Crippen molar-refractivity contribution >= 4 is 11.4 Å². The molecule has 0 spiro atoms. The molecule has 2 nitrogen and oxygen atoms in total. The zero-order chi connectivity index (χ0) is 15.7. The SMILES string of the molecule is Nc1c(-c2ccc(F)cc2)ccc(-c2ccc(F)cc2)c1N. The lowest BCUT2D eigenvalue weighted by Crippen LogP contribution is -2.00. The molecule has 4 heteroatoms. The van der Waals surface area contributed by atoms with Crippen molar-refractivity contribution in [2.24, 2.45) is 0 Å². The summed E-state index contributed by atoms with van der Waals surface area (Å²) >= 11 is 0. The van der Waals surface area contributed by atoms with E-state index < -0.39 is 0 Å². The molecule has 0 amide bonds. The highest BCUT2D eigenvalue weighted by atomic mass is 19.1. The van der Waals surface area contributed by atoms with Gasteiger partial charge >= 0.3 is 0 Å². The summed E-state index contributed by atoms with van der Waals surface area (Å²) in [5.74, 6) is -0.614. The molecule has 0 unspecified atom stereocenters. The Morgan fingerprint density at radius 1 is 0.500 bits per heavy atom. The van der Waals surface area contributed by atoms with E-state index in [0.717, 1.165) is 22.3 Å². The number of benzene rings is 3. The first-order chi connectivity index (χ1) is 10.6. The summed E-state index contributed by atoms with van der Waals surface area (Å²) in [4.78, 5) is 0. The molecule has 0 heterocycles. The molecule has 0 atom stereocenters. The summed E-state index contributed by atoms with van der Waals surface area (Å²) in [5.41, 5.74) is 16.2. The fourth-order valence-electron chi connectivity index (χ4n) is 2.40. The molecule has 110 valence electrons. The highest BCUT2D eigenvalue weighted by Crippen LogP contribution is 2.37. The summed E-state index contributed by atoms with van der Waals surface area (Å²) in [6.45, 7) is 0. The van der Waals surface area contributed by atoms with Crippen LogP contribution in [0, 0.1) is 11.6 Å². The number of halogens is 2. The molecule has 0 aliphatic carbocycles. The zero-order valence-corrected chi connectivity index (χ0v) is 11.7. The van der Waals surface area contributed by atoms with Crippen molar-refractivity contribution in [3.63, 3.8) is 0 Å². The van der Waals surface area contributed by atoms with Gasteiger partial charge in [0.15, 0.2) is 0 Å². The van der Waals surface area contributed by atoms with Crippen molar-refractivity contribution < 1.29 is 8.78 Å². The van der Waals surface area contributed by atoms with Gasteiger partial charge in [0.2, 0.25) is 0 Å². The fourth-order valence-corrected chi connectivity index (χ4v) is 2.40. The first-order valence-corrected chi connectivity index (χ1v) is 6.76. The van der Waals surface area contributed by atoms with E-state index in [9.17, 15) is 8.78 Å². The summed E-state index contributed by atoms with van der Waals surface area (Å²) in [5, 5.41) is 0. The van der Waals surface area contributed by atoms with Crippen LogP contribution in [0.3, 0.4) is 0 Å². The van der Waals surface area contributed by atoms with E-state index in [1.165, 1.54) is 24.3 Å². The second-order valence-corrected chi connectivity index (χ2v) is 5.00. The van der Waals surface area contributed by atoms with Crippen molar-refractivity contribution in [1.82, 2.24) is 0 Å². The van der Waals surface area contributed by atoms with Gasteiger partial charge in [-0.25, -0.2) is 8.78 Å². The van der Waals surface area contributed by atoms with Crippen molar-refractivity contribution in [3.05, 3.63) is 72.3 Å². The Balaban J connectivity index is 2.08. The molecule has 0 aliphatic rings. The van der Waals surface area contributed by atoms with Crippen LogP contribution in [0.4, 0.5) is 20.2 Å². The van der Waals surface area contributed by atoms with Gasteiger partial charge in [0.05, 0.1) is 11.4 Å². The normalized spacial score (nSPS) is 10.6. The largest absolute Gasteiger partial charge is 0.397 e. The molecule has 22 heavy (non-hydrogen) atoms. The van der Waals surface area contributed by atoms with Crippen molar-refractivity contribution in [3.8, 4) is 22.3 Å². The minimum Gasteiger partial charge on any atom is -0.397 e. The van der Waals surface area contributed by atoms with Gasteiger partial charge in [-0.05, 0) is 35.4 Å². The van der Waals surface area contributed by atoms with Gasteiger partial charge in [-0.15, -0.1) is 0 Å². The molecule has 3 rings (SSSR count). The van der Waals surface area contributed by atoms with E-state index >= 15 is 0 Å². The monoisotopic (exact) mass is 296 g/mol. The van der Waals surface area contributed by atoms with E-state index in [1.54, 1.807) is 24.3 Å².